The van der Waals surface area contributed by atoms with Crippen molar-refractivity contribution in [1.82, 2.24) is 5.32 Å². The Hall–Kier alpha value is -2.83. The molecule has 162 valence electrons. The summed E-state index contributed by atoms with van der Waals surface area (Å²) in [6.07, 6.45) is 1.86. The lowest BCUT2D eigenvalue weighted by molar-refractivity contribution is -0.142. The molecule has 1 aromatic heterocycles. The van der Waals surface area contributed by atoms with Crippen molar-refractivity contribution in [2.45, 2.75) is 39.0 Å². The fraction of sp³-hybridized carbons (Fsp3) is 0.320. The number of rotatable bonds is 8. The number of carbonyl (C=O) groups is 1. The van der Waals surface area contributed by atoms with Crippen LogP contribution in [-0.4, -0.2) is 19.6 Å². The molecule has 1 atom stereocenters. The first-order valence-electron chi connectivity index (χ1n) is 10.4. The number of carbonyl (C=O) groups excluding carboxylic acids is 1. The highest BCUT2D eigenvalue weighted by atomic mass is 32.1. The predicted molar refractivity (Wildman–Crippen MR) is 122 cm³/mol. The molecular weight excluding hydrogens is 410 g/mol. The number of benzene rings is 2. The van der Waals surface area contributed by atoms with Gasteiger partial charge in [0.1, 0.15) is 13.2 Å². The Balaban J connectivity index is 1.62. The summed E-state index contributed by atoms with van der Waals surface area (Å²) < 4.78 is 17.2. The molecule has 1 N–H and O–H groups in total. The molecule has 3 aromatic rings. The lowest BCUT2D eigenvalue weighted by Gasteiger charge is -2.26. The molecule has 1 unspecified atom stereocenters. The van der Waals surface area contributed by atoms with Crippen LogP contribution in [-0.2, 0) is 35.6 Å². The topological polar surface area (TPSA) is 56.8 Å². The highest BCUT2D eigenvalue weighted by Crippen LogP contribution is 2.38. The number of methoxy groups -OCH3 is 1. The Kier molecular flexibility index (Phi) is 6.89. The summed E-state index contributed by atoms with van der Waals surface area (Å²) >= 11 is 1.82. The Bertz CT molecular complexity index is 1030. The van der Waals surface area contributed by atoms with Gasteiger partial charge in [-0.2, -0.15) is 0 Å². The molecule has 1 aliphatic heterocycles. The van der Waals surface area contributed by atoms with Crippen LogP contribution in [0.25, 0.3) is 0 Å². The highest BCUT2D eigenvalue weighted by Gasteiger charge is 2.24. The molecule has 31 heavy (non-hydrogen) atoms. The number of hydrogen-bond donors (Lipinski definition) is 1. The fourth-order valence-corrected chi connectivity index (χ4v) is 4.92. The second-order valence-corrected chi connectivity index (χ2v) is 8.55. The van der Waals surface area contributed by atoms with Crippen molar-refractivity contribution < 1.29 is 19.0 Å². The van der Waals surface area contributed by atoms with Crippen LogP contribution in [0.1, 0.15) is 40.1 Å². The monoisotopic (exact) mass is 437 g/mol. The average Bonchev–Trinajstić information content (AvgIpc) is 3.27. The van der Waals surface area contributed by atoms with Crippen LogP contribution in [0.4, 0.5) is 0 Å². The Morgan fingerprint density at radius 3 is 2.74 bits per heavy atom. The van der Waals surface area contributed by atoms with Crippen LogP contribution in [0.5, 0.6) is 11.5 Å². The Morgan fingerprint density at radius 2 is 1.97 bits per heavy atom. The van der Waals surface area contributed by atoms with Gasteiger partial charge in [0, 0.05) is 30.0 Å². The van der Waals surface area contributed by atoms with Crippen LogP contribution in [0.3, 0.4) is 0 Å². The molecule has 0 aliphatic carbocycles. The van der Waals surface area contributed by atoms with E-state index in [1.807, 2.05) is 47.7 Å². The third-order valence-corrected chi connectivity index (χ3v) is 6.50. The van der Waals surface area contributed by atoms with Gasteiger partial charge in [0.25, 0.3) is 0 Å². The van der Waals surface area contributed by atoms with Crippen molar-refractivity contribution >= 4 is 17.3 Å². The molecule has 5 nitrogen and oxygen atoms in total. The first-order chi connectivity index (χ1) is 15.2. The quantitative estimate of drug-likeness (QED) is 0.512. The van der Waals surface area contributed by atoms with E-state index >= 15 is 0 Å². The van der Waals surface area contributed by atoms with Crippen LogP contribution < -0.4 is 14.8 Å². The van der Waals surface area contributed by atoms with E-state index in [2.05, 4.69) is 22.8 Å². The minimum absolute atomic E-state index is 0.152. The molecule has 2 aromatic carbocycles. The SMILES string of the molecule is COc1c(OCc2ccccc2)ccc(CC2NCCc3sccc32)c1COC(C)=O. The van der Waals surface area contributed by atoms with E-state index in [1.165, 1.54) is 17.4 Å². The fourth-order valence-electron chi connectivity index (χ4n) is 3.98. The molecule has 0 bridgehead atoms. The third-order valence-electron chi connectivity index (χ3n) is 5.50. The Labute approximate surface area is 187 Å². The molecule has 0 spiro atoms. The Morgan fingerprint density at radius 1 is 1.13 bits per heavy atom. The third kappa shape index (κ3) is 5.09. The molecule has 0 fully saturated rings. The van der Waals surface area contributed by atoms with Gasteiger partial charge in [0.05, 0.1) is 7.11 Å². The molecule has 0 amide bonds. The molecule has 1 aliphatic rings. The second-order valence-electron chi connectivity index (χ2n) is 7.55. The zero-order chi connectivity index (χ0) is 21.6. The van der Waals surface area contributed by atoms with E-state index in [-0.39, 0.29) is 18.6 Å². The normalized spacial score (nSPS) is 15.2. The first-order valence-corrected chi connectivity index (χ1v) is 11.3. The van der Waals surface area contributed by atoms with E-state index < -0.39 is 0 Å². The summed E-state index contributed by atoms with van der Waals surface area (Å²) in [7, 11) is 1.63. The molecule has 0 saturated heterocycles. The van der Waals surface area contributed by atoms with E-state index in [0.29, 0.717) is 18.1 Å². The van der Waals surface area contributed by atoms with Gasteiger partial charge in [-0.3, -0.25) is 4.79 Å². The molecule has 6 heteroatoms. The summed E-state index contributed by atoms with van der Waals surface area (Å²) in [5.41, 5.74) is 4.37. The number of thiophene rings is 1. The lowest BCUT2D eigenvalue weighted by atomic mass is 9.93. The largest absolute Gasteiger partial charge is 0.492 e. The van der Waals surface area contributed by atoms with Gasteiger partial charge in [-0.05, 0) is 47.0 Å². The zero-order valence-corrected chi connectivity index (χ0v) is 18.7. The van der Waals surface area contributed by atoms with Gasteiger partial charge in [-0.15, -0.1) is 11.3 Å². The lowest BCUT2D eigenvalue weighted by Crippen LogP contribution is -2.30. The summed E-state index contributed by atoms with van der Waals surface area (Å²) in [6.45, 7) is 2.97. The molecule has 4 rings (SSSR count). The summed E-state index contributed by atoms with van der Waals surface area (Å²) in [5, 5.41) is 5.79. The number of fused-ring (bicyclic) bond motifs is 1. The van der Waals surface area contributed by atoms with Crippen molar-refractivity contribution in [3.8, 4) is 11.5 Å². The molecule has 0 saturated carbocycles. The van der Waals surface area contributed by atoms with Crippen LogP contribution in [0.2, 0.25) is 0 Å². The van der Waals surface area contributed by atoms with E-state index in [9.17, 15) is 4.79 Å². The van der Waals surface area contributed by atoms with Gasteiger partial charge < -0.3 is 19.5 Å². The van der Waals surface area contributed by atoms with Crippen molar-refractivity contribution in [2.24, 2.45) is 0 Å². The van der Waals surface area contributed by atoms with Gasteiger partial charge in [0.15, 0.2) is 11.5 Å². The molecule has 0 radical (unpaired) electrons. The van der Waals surface area contributed by atoms with E-state index in [4.69, 9.17) is 14.2 Å². The smallest absolute Gasteiger partial charge is 0.302 e. The minimum atomic E-state index is -0.320. The zero-order valence-electron chi connectivity index (χ0n) is 17.9. The number of nitrogens with one attached hydrogen (secondary N) is 1. The van der Waals surface area contributed by atoms with Gasteiger partial charge in [0.2, 0.25) is 0 Å². The standard InChI is InChI=1S/C25H27NO4S/c1-17(27)29-16-21-19(14-22-20-11-13-31-24(20)10-12-26-22)8-9-23(25(21)28-2)30-15-18-6-4-3-5-7-18/h3-9,11,13,22,26H,10,12,14-16H2,1-2H3. The predicted octanol–water partition coefficient (Wildman–Crippen LogP) is 4.83. The van der Waals surface area contributed by atoms with Crippen molar-refractivity contribution in [1.29, 1.82) is 0 Å². The highest BCUT2D eigenvalue weighted by molar-refractivity contribution is 7.10. The molecular formula is C25H27NO4S. The van der Waals surface area contributed by atoms with Gasteiger partial charge >= 0.3 is 5.97 Å². The number of ether oxygens (including phenoxy) is 3. The maximum absolute atomic E-state index is 11.5. The van der Waals surface area contributed by atoms with E-state index in [1.54, 1.807) is 7.11 Å². The van der Waals surface area contributed by atoms with Crippen LogP contribution in [0.15, 0.2) is 53.9 Å². The maximum Gasteiger partial charge on any atom is 0.302 e. The summed E-state index contributed by atoms with van der Waals surface area (Å²) in [6, 6.07) is 16.4. The minimum Gasteiger partial charge on any atom is -0.492 e. The number of esters is 1. The summed E-state index contributed by atoms with van der Waals surface area (Å²) in [4.78, 5) is 13.0. The second kappa shape index (κ2) is 9.98. The van der Waals surface area contributed by atoms with Gasteiger partial charge in [-0.1, -0.05) is 36.4 Å². The van der Waals surface area contributed by atoms with E-state index in [0.717, 1.165) is 36.1 Å². The average molecular weight is 438 g/mol. The van der Waals surface area contributed by atoms with Crippen molar-refractivity contribution in [2.75, 3.05) is 13.7 Å². The maximum atomic E-state index is 11.5. The summed E-state index contributed by atoms with van der Waals surface area (Å²) in [5.74, 6) is 0.945. The van der Waals surface area contributed by atoms with Crippen molar-refractivity contribution in [3.05, 3.63) is 81.0 Å². The number of hydrogen-bond acceptors (Lipinski definition) is 6. The van der Waals surface area contributed by atoms with Crippen LogP contribution in [0, 0.1) is 0 Å². The first kappa shape index (κ1) is 21.4. The molecule has 2 heterocycles. The van der Waals surface area contributed by atoms with Crippen molar-refractivity contribution in [3.63, 3.8) is 0 Å². The van der Waals surface area contributed by atoms with Crippen LogP contribution >= 0.6 is 11.3 Å². The van der Waals surface area contributed by atoms with Gasteiger partial charge in [-0.25, -0.2) is 0 Å².